The summed E-state index contributed by atoms with van der Waals surface area (Å²) < 4.78 is 13.0. The van der Waals surface area contributed by atoms with Crippen LogP contribution in [0.25, 0.3) is 0 Å². The van der Waals surface area contributed by atoms with Crippen molar-refractivity contribution < 1.29 is 9.18 Å². The SMILES string of the molecule is CC1=NN(C)[C@H]2C(N3CCN(CC(=O)Nc4ccc(F)cc4)CC3)=NC=N[C@@H]12. The lowest BCUT2D eigenvalue weighted by Crippen LogP contribution is -2.57. The van der Waals surface area contributed by atoms with Crippen LogP contribution in [-0.2, 0) is 4.79 Å². The van der Waals surface area contributed by atoms with Crippen LogP contribution in [0.4, 0.5) is 10.1 Å². The Kier molecular flexibility index (Phi) is 5.08. The quantitative estimate of drug-likeness (QED) is 0.838. The number of hydrogen-bond acceptors (Lipinski definition) is 7. The van der Waals surface area contributed by atoms with Crippen LogP contribution in [-0.4, -0.2) is 90.5 Å². The van der Waals surface area contributed by atoms with Crippen molar-refractivity contribution in [2.45, 2.75) is 19.0 Å². The standard InChI is InChI=1S/C19H24FN7O/c1-13-17-18(25(2)24-13)19(22-12-21-17)27-9-7-26(8-10-27)11-16(28)23-15-5-3-14(20)4-6-15/h3-6,12,17-18H,7-11H2,1-2H3,(H,23,28)/t17-,18+/m0/s1. The molecule has 3 aliphatic heterocycles. The van der Waals surface area contributed by atoms with Gasteiger partial charge in [0.15, 0.2) is 0 Å². The first-order valence-corrected chi connectivity index (χ1v) is 9.41. The molecular weight excluding hydrogens is 361 g/mol. The highest BCUT2D eigenvalue weighted by Gasteiger charge is 2.41. The summed E-state index contributed by atoms with van der Waals surface area (Å²) in [4.78, 5) is 25.6. The molecule has 1 amide bonds. The van der Waals surface area contributed by atoms with Gasteiger partial charge in [-0.2, -0.15) is 5.10 Å². The Morgan fingerprint density at radius 1 is 1.21 bits per heavy atom. The van der Waals surface area contributed by atoms with Gasteiger partial charge >= 0.3 is 0 Å². The second kappa shape index (κ2) is 7.67. The molecule has 0 unspecified atom stereocenters. The Morgan fingerprint density at radius 3 is 2.64 bits per heavy atom. The van der Waals surface area contributed by atoms with E-state index in [1.54, 1.807) is 18.5 Å². The van der Waals surface area contributed by atoms with Crippen LogP contribution in [0.15, 0.2) is 39.4 Å². The molecule has 0 spiro atoms. The summed E-state index contributed by atoms with van der Waals surface area (Å²) in [5, 5.41) is 9.27. The summed E-state index contributed by atoms with van der Waals surface area (Å²) >= 11 is 0. The third-order valence-corrected chi connectivity index (χ3v) is 5.32. The molecule has 0 radical (unpaired) electrons. The predicted octanol–water partition coefficient (Wildman–Crippen LogP) is 0.881. The zero-order valence-electron chi connectivity index (χ0n) is 16.0. The van der Waals surface area contributed by atoms with Gasteiger partial charge in [-0.05, 0) is 31.2 Å². The molecule has 0 aliphatic carbocycles. The van der Waals surface area contributed by atoms with Gasteiger partial charge in [0.2, 0.25) is 5.91 Å². The van der Waals surface area contributed by atoms with E-state index in [4.69, 9.17) is 0 Å². The first-order valence-electron chi connectivity index (χ1n) is 9.41. The van der Waals surface area contributed by atoms with E-state index in [-0.39, 0.29) is 23.8 Å². The topological polar surface area (TPSA) is 75.9 Å². The molecule has 3 heterocycles. The van der Waals surface area contributed by atoms with E-state index in [0.29, 0.717) is 12.2 Å². The molecule has 2 atom stereocenters. The summed E-state index contributed by atoms with van der Waals surface area (Å²) in [5.74, 6) is 0.584. The van der Waals surface area contributed by atoms with E-state index in [1.807, 2.05) is 19.0 Å². The van der Waals surface area contributed by atoms with Gasteiger partial charge in [0.25, 0.3) is 0 Å². The number of amides is 1. The summed E-state index contributed by atoms with van der Waals surface area (Å²) in [5.41, 5.74) is 1.61. The van der Waals surface area contributed by atoms with E-state index >= 15 is 0 Å². The van der Waals surface area contributed by atoms with E-state index < -0.39 is 0 Å². The van der Waals surface area contributed by atoms with E-state index in [2.05, 4.69) is 30.2 Å². The average Bonchev–Trinajstić information content (AvgIpc) is 2.98. The lowest BCUT2D eigenvalue weighted by molar-refractivity contribution is -0.117. The summed E-state index contributed by atoms with van der Waals surface area (Å²) in [6.45, 7) is 5.45. The number of halogens is 1. The zero-order chi connectivity index (χ0) is 19.7. The van der Waals surface area contributed by atoms with Crippen LogP contribution >= 0.6 is 0 Å². The molecular formula is C19H24FN7O. The molecule has 1 aromatic rings. The smallest absolute Gasteiger partial charge is 0.238 e. The molecule has 0 aromatic heterocycles. The van der Waals surface area contributed by atoms with Gasteiger partial charge in [0, 0.05) is 38.9 Å². The summed E-state index contributed by atoms with van der Waals surface area (Å²) in [7, 11) is 1.96. The third kappa shape index (κ3) is 3.75. The number of likely N-dealkylation sites (N-methyl/N-ethyl adjacent to an activating group) is 1. The Bertz CT molecular complexity index is 827. The normalized spacial score (nSPS) is 24.7. The van der Waals surface area contributed by atoms with Crippen molar-refractivity contribution in [2.75, 3.05) is 45.1 Å². The highest BCUT2D eigenvalue weighted by Crippen LogP contribution is 2.23. The van der Waals surface area contributed by atoms with Crippen LogP contribution in [0.2, 0.25) is 0 Å². The van der Waals surface area contributed by atoms with Crippen molar-refractivity contribution >= 4 is 29.5 Å². The summed E-state index contributed by atoms with van der Waals surface area (Å²) in [6, 6.07) is 5.89. The van der Waals surface area contributed by atoms with Crippen LogP contribution < -0.4 is 5.32 Å². The van der Waals surface area contributed by atoms with Crippen LogP contribution in [0.3, 0.4) is 0 Å². The number of carbonyl (C=O) groups excluding carboxylic acids is 1. The van der Waals surface area contributed by atoms with Crippen molar-refractivity contribution in [3.8, 4) is 0 Å². The number of amidine groups is 1. The molecule has 1 saturated heterocycles. The molecule has 1 aromatic carbocycles. The molecule has 3 aliphatic rings. The third-order valence-electron chi connectivity index (χ3n) is 5.32. The maximum absolute atomic E-state index is 13.0. The Morgan fingerprint density at radius 2 is 1.93 bits per heavy atom. The average molecular weight is 385 g/mol. The number of nitrogens with one attached hydrogen (secondary N) is 1. The molecule has 9 heteroatoms. The van der Waals surface area contributed by atoms with Gasteiger partial charge in [-0.1, -0.05) is 0 Å². The fraction of sp³-hybridized carbons (Fsp3) is 0.474. The number of hydrogen-bond donors (Lipinski definition) is 1. The van der Waals surface area contributed by atoms with E-state index in [9.17, 15) is 9.18 Å². The number of benzene rings is 1. The number of nitrogens with zero attached hydrogens (tertiary/aromatic N) is 6. The first kappa shape index (κ1) is 18.5. The zero-order valence-corrected chi connectivity index (χ0v) is 16.0. The second-order valence-electron chi connectivity index (χ2n) is 7.27. The number of anilines is 1. The maximum Gasteiger partial charge on any atom is 0.238 e. The largest absolute Gasteiger partial charge is 0.356 e. The Balaban J connectivity index is 1.30. The fourth-order valence-corrected chi connectivity index (χ4v) is 3.88. The van der Waals surface area contributed by atoms with Gasteiger partial charge in [0.05, 0.1) is 12.3 Å². The van der Waals surface area contributed by atoms with Crippen LogP contribution in [0.1, 0.15) is 6.92 Å². The van der Waals surface area contributed by atoms with Crippen LogP contribution in [0.5, 0.6) is 0 Å². The minimum Gasteiger partial charge on any atom is -0.356 e. The van der Waals surface area contributed by atoms with Crippen molar-refractivity contribution in [3.05, 3.63) is 30.1 Å². The van der Waals surface area contributed by atoms with Gasteiger partial charge < -0.3 is 10.2 Å². The number of rotatable bonds is 3. The Hall–Kier alpha value is -2.81. The highest BCUT2D eigenvalue weighted by atomic mass is 19.1. The van der Waals surface area contributed by atoms with E-state index in [0.717, 1.165) is 37.7 Å². The van der Waals surface area contributed by atoms with Gasteiger partial charge in [-0.3, -0.25) is 19.7 Å². The van der Waals surface area contributed by atoms with Crippen LogP contribution in [0, 0.1) is 5.82 Å². The molecule has 148 valence electrons. The molecule has 0 bridgehead atoms. The monoisotopic (exact) mass is 385 g/mol. The minimum absolute atomic E-state index is 0.0389. The highest BCUT2D eigenvalue weighted by molar-refractivity contribution is 6.04. The first-order chi connectivity index (χ1) is 13.5. The lowest BCUT2D eigenvalue weighted by atomic mass is 10.0. The number of carbonyl (C=O) groups is 1. The number of aliphatic imine (C=N–C) groups is 2. The number of hydrazone groups is 1. The van der Waals surface area contributed by atoms with Gasteiger partial charge in [0.1, 0.15) is 30.1 Å². The number of fused-ring (bicyclic) bond motifs is 1. The second-order valence-corrected chi connectivity index (χ2v) is 7.27. The van der Waals surface area contributed by atoms with E-state index in [1.165, 1.54) is 12.1 Å². The Labute approximate surface area is 163 Å². The maximum atomic E-state index is 13.0. The van der Waals surface area contributed by atoms with Crippen molar-refractivity contribution in [1.82, 2.24) is 14.8 Å². The van der Waals surface area contributed by atoms with Gasteiger partial charge in [-0.25, -0.2) is 9.38 Å². The predicted molar refractivity (Wildman–Crippen MR) is 107 cm³/mol. The molecule has 0 saturated carbocycles. The molecule has 4 rings (SSSR count). The number of piperazine rings is 1. The molecule has 1 N–H and O–H groups in total. The van der Waals surface area contributed by atoms with Gasteiger partial charge in [-0.15, -0.1) is 0 Å². The fourth-order valence-electron chi connectivity index (χ4n) is 3.88. The molecule has 28 heavy (non-hydrogen) atoms. The van der Waals surface area contributed by atoms with Crippen molar-refractivity contribution in [2.24, 2.45) is 15.1 Å². The van der Waals surface area contributed by atoms with Crippen molar-refractivity contribution in [1.29, 1.82) is 0 Å². The minimum atomic E-state index is -0.319. The summed E-state index contributed by atoms with van der Waals surface area (Å²) in [6.07, 6.45) is 1.64. The van der Waals surface area contributed by atoms with Crippen molar-refractivity contribution in [3.63, 3.8) is 0 Å². The molecule has 1 fully saturated rings. The lowest BCUT2D eigenvalue weighted by Gasteiger charge is -2.40. The molecule has 8 nitrogen and oxygen atoms in total.